The van der Waals surface area contributed by atoms with Gasteiger partial charge in [-0.1, -0.05) is 0 Å². The minimum Gasteiger partial charge on any atom is -0.441 e. The van der Waals surface area contributed by atoms with E-state index >= 15 is 0 Å². The van der Waals surface area contributed by atoms with E-state index in [1.807, 2.05) is 36.9 Å². The summed E-state index contributed by atoms with van der Waals surface area (Å²) in [6.45, 7) is 2.43. The molecule has 20 heavy (non-hydrogen) atoms. The van der Waals surface area contributed by atoms with Gasteiger partial charge in [0.1, 0.15) is 5.52 Å². The summed E-state index contributed by atoms with van der Waals surface area (Å²) in [6, 6.07) is 5.97. The summed E-state index contributed by atoms with van der Waals surface area (Å²) in [6.07, 6.45) is 0.750. The van der Waals surface area contributed by atoms with Crippen LogP contribution in [0.25, 0.3) is 22.4 Å². The van der Waals surface area contributed by atoms with E-state index in [0.717, 1.165) is 38.9 Å². The Balaban J connectivity index is 2.14. The van der Waals surface area contributed by atoms with Gasteiger partial charge in [0.2, 0.25) is 0 Å². The van der Waals surface area contributed by atoms with Crippen LogP contribution in [0.15, 0.2) is 27.1 Å². The molecule has 2 heterocycles. The summed E-state index contributed by atoms with van der Waals surface area (Å²) in [5.41, 5.74) is 10.3. The molecule has 0 atom stereocenters. The van der Waals surface area contributed by atoms with Gasteiger partial charge in [0.05, 0.1) is 15.9 Å². The molecule has 0 aliphatic rings. The van der Waals surface area contributed by atoms with Crippen LogP contribution in [0, 0.1) is 6.92 Å². The van der Waals surface area contributed by atoms with E-state index in [1.54, 1.807) is 0 Å². The number of benzene rings is 1. The second-order valence-electron chi connectivity index (χ2n) is 4.69. The standard InChI is InChI=1S/C14H15BrN4O/c1-8-17-11-7-9(3-4-12(11)20-8)14-13(15)10(5-6-16)18-19(14)2/h3-4,7H,5-6,16H2,1-2H3. The van der Waals surface area contributed by atoms with Crippen LogP contribution in [0.3, 0.4) is 0 Å². The smallest absolute Gasteiger partial charge is 0.192 e. The van der Waals surface area contributed by atoms with Gasteiger partial charge in [0.25, 0.3) is 0 Å². The lowest BCUT2D eigenvalue weighted by Crippen LogP contribution is -2.04. The SMILES string of the molecule is Cc1nc2cc(-c3c(Br)c(CCN)nn3C)ccc2o1. The average molecular weight is 335 g/mol. The highest BCUT2D eigenvalue weighted by atomic mass is 79.9. The first kappa shape index (κ1) is 13.3. The van der Waals surface area contributed by atoms with Crippen molar-refractivity contribution < 1.29 is 4.42 Å². The van der Waals surface area contributed by atoms with Gasteiger partial charge in [-0.05, 0) is 40.7 Å². The molecule has 0 fully saturated rings. The number of nitrogens with zero attached hydrogens (tertiary/aromatic N) is 3. The molecule has 2 N–H and O–H groups in total. The van der Waals surface area contributed by atoms with E-state index in [9.17, 15) is 0 Å². The second kappa shape index (κ2) is 5.03. The Morgan fingerprint density at radius 1 is 1.40 bits per heavy atom. The van der Waals surface area contributed by atoms with Gasteiger partial charge >= 0.3 is 0 Å². The first-order chi connectivity index (χ1) is 9.60. The van der Waals surface area contributed by atoms with Crippen LogP contribution in [0.1, 0.15) is 11.6 Å². The van der Waals surface area contributed by atoms with Crippen LogP contribution in [0.5, 0.6) is 0 Å². The maximum atomic E-state index is 5.61. The van der Waals surface area contributed by atoms with Crippen LogP contribution < -0.4 is 5.73 Å². The van der Waals surface area contributed by atoms with E-state index in [2.05, 4.69) is 26.0 Å². The molecule has 3 aromatic rings. The number of hydrogen-bond donors (Lipinski definition) is 1. The molecule has 104 valence electrons. The van der Waals surface area contributed by atoms with Crippen molar-refractivity contribution in [2.75, 3.05) is 6.54 Å². The zero-order valence-electron chi connectivity index (χ0n) is 11.4. The molecule has 0 spiro atoms. The molecular weight excluding hydrogens is 320 g/mol. The van der Waals surface area contributed by atoms with E-state index < -0.39 is 0 Å². The predicted molar refractivity (Wildman–Crippen MR) is 81.4 cm³/mol. The topological polar surface area (TPSA) is 69.9 Å². The van der Waals surface area contributed by atoms with Crippen molar-refractivity contribution in [2.24, 2.45) is 12.8 Å². The lowest BCUT2D eigenvalue weighted by Gasteiger charge is -2.02. The first-order valence-electron chi connectivity index (χ1n) is 6.39. The predicted octanol–water partition coefficient (Wildman–Crippen LogP) is 2.80. The van der Waals surface area contributed by atoms with Gasteiger partial charge in [0.15, 0.2) is 11.5 Å². The van der Waals surface area contributed by atoms with Crippen LogP contribution >= 0.6 is 15.9 Å². The van der Waals surface area contributed by atoms with E-state index in [0.29, 0.717) is 12.4 Å². The lowest BCUT2D eigenvalue weighted by molar-refractivity contribution is 0.561. The summed E-state index contributed by atoms with van der Waals surface area (Å²) in [5.74, 6) is 0.671. The molecule has 2 aromatic heterocycles. The summed E-state index contributed by atoms with van der Waals surface area (Å²) in [5, 5.41) is 4.51. The number of nitrogens with two attached hydrogens (primary N) is 1. The second-order valence-corrected chi connectivity index (χ2v) is 5.48. The Kier molecular flexibility index (Phi) is 3.35. The molecule has 6 heteroatoms. The Bertz CT molecular complexity index is 775. The largest absolute Gasteiger partial charge is 0.441 e. The highest BCUT2D eigenvalue weighted by molar-refractivity contribution is 9.10. The number of aromatic nitrogens is 3. The molecule has 0 radical (unpaired) electrons. The van der Waals surface area contributed by atoms with Gasteiger partial charge < -0.3 is 10.2 Å². The summed E-state index contributed by atoms with van der Waals surface area (Å²) in [4.78, 5) is 4.37. The van der Waals surface area contributed by atoms with Crippen molar-refractivity contribution >= 4 is 27.0 Å². The third-order valence-electron chi connectivity index (χ3n) is 3.20. The Morgan fingerprint density at radius 3 is 2.95 bits per heavy atom. The fourth-order valence-electron chi connectivity index (χ4n) is 2.35. The number of halogens is 1. The highest BCUT2D eigenvalue weighted by Crippen LogP contribution is 2.32. The molecule has 0 bridgehead atoms. The van der Waals surface area contributed by atoms with Gasteiger partial charge in [-0.3, -0.25) is 4.68 Å². The molecule has 3 rings (SSSR count). The van der Waals surface area contributed by atoms with Gasteiger partial charge in [-0.2, -0.15) is 5.10 Å². The molecule has 0 unspecified atom stereocenters. The Labute approximate surface area is 124 Å². The molecule has 0 amide bonds. The summed E-state index contributed by atoms with van der Waals surface area (Å²) >= 11 is 3.63. The van der Waals surface area contributed by atoms with Crippen molar-refractivity contribution in [1.82, 2.24) is 14.8 Å². The fourth-order valence-corrected chi connectivity index (χ4v) is 3.12. The van der Waals surface area contributed by atoms with Gasteiger partial charge in [-0.15, -0.1) is 0 Å². The zero-order valence-corrected chi connectivity index (χ0v) is 12.9. The minimum atomic E-state index is 0.580. The van der Waals surface area contributed by atoms with Crippen molar-refractivity contribution in [3.05, 3.63) is 34.3 Å². The molecule has 5 nitrogen and oxygen atoms in total. The van der Waals surface area contributed by atoms with Crippen LogP contribution in [0.2, 0.25) is 0 Å². The number of rotatable bonds is 3. The van der Waals surface area contributed by atoms with Crippen molar-refractivity contribution in [2.45, 2.75) is 13.3 Å². The molecule has 1 aromatic carbocycles. The number of fused-ring (bicyclic) bond motifs is 1. The maximum absolute atomic E-state index is 5.61. The zero-order chi connectivity index (χ0) is 14.3. The molecule has 0 saturated heterocycles. The molecule has 0 aliphatic carbocycles. The molecule has 0 saturated carbocycles. The van der Waals surface area contributed by atoms with E-state index in [1.165, 1.54) is 0 Å². The van der Waals surface area contributed by atoms with Crippen molar-refractivity contribution in [1.29, 1.82) is 0 Å². The lowest BCUT2D eigenvalue weighted by atomic mass is 10.1. The number of hydrogen-bond acceptors (Lipinski definition) is 4. The van der Waals surface area contributed by atoms with Gasteiger partial charge in [-0.25, -0.2) is 4.98 Å². The summed E-state index contributed by atoms with van der Waals surface area (Å²) < 4.78 is 8.36. The fraction of sp³-hybridized carbons (Fsp3) is 0.286. The minimum absolute atomic E-state index is 0.580. The third-order valence-corrected chi connectivity index (χ3v) is 4.04. The van der Waals surface area contributed by atoms with Crippen LogP contribution in [0.4, 0.5) is 0 Å². The maximum Gasteiger partial charge on any atom is 0.192 e. The Hall–Kier alpha value is -1.66. The van der Waals surface area contributed by atoms with Crippen LogP contribution in [-0.2, 0) is 13.5 Å². The molecule has 0 aliphatic heterocycles. The third kappa shape index (κ3) is 2.14. The number of aryl methyl sites for hydroxylation is 2. The van der Waals surface area contributed by atoms with E-state index in [-0.39, 0.29) is 0 Å². The normalized spacial score (nSPS) is 11.4. The quantitative estimate of drug-likeness (QED) is 0.799. The van der Waals surface area contributed by atoms with Crippen LogP contribution in [-0.4, -0.2) is 21.3 Å². The van der Waals surface area contributed by atoms with E-state index in [4.69, 9.17) is 10.2 Å². The van der Waals surface area contributed by atoms with Crippen molar-refractivity contribution in [3.63, 3.8) is 0 Å². The summed E-state index contributed by atoms with van der Waals surface area (Å²) in [7, 11) is 1.93. The Morgan fingerprint density at radius 2 is 2.20 bits per heavy atom. The van der Waals surface area contributed by atoms with Crippen molar-refractivity contribution in [3.8, 4) is 11.3 Å². The highest BCUT2D eigenvalue weighted by Gasteiger charge is 2.16. The average Bonchev–Trinajstić information content (AvgIpc) is 2.89. The monoisotopic (exact) mass is 334 g/mol. The molecular formula is C14H15BrN4O. The van der Waals surface area contributed by atoms with Gasteiger partial charge in [0, 0.05) is 26.0 Å². The number of oxazole rings is 1. The first-order valence-corrected chi connectivity index (χ1v) is 7.18.